The van der Waals surface area contributed by atoms with Crippen LogP contribution in [0.2, 0.25) is 0 Å². The average molecular weight is 278 g/mol. The number of hydrogen-bond donors (Lipinski definition) is 0. The van der Waals surface area contributed by atoms with Gasteiger partial charge >= 0.3 is 0 Å². The van der Waals surface area contributed by atoms with Crippen molar-refractivity contribution in [1.29, 1.82) is 0 Å². The number of hydrogen-bond acceptors (Lipinski definition) is 1. The third kappa shape index (κ3) is 1.53. The highest BCUT2D eigenvalue weighted by Crippen LogP contribution is 2.42. The van der Waals surface area contributed by atoms with Gasteiger partial charge in [-0.15, -0.1) is 11.3 Å². The van der Waals surface area contributed by atoms with Crippen LogP contribution in [0.25, 0.3) is 25.7 Å². The molecule has 0 fully saturated rings. The van der Waals surface area contributed by atoms with Crippen molar-refractivity contribution in [1.82, 2.24) is 0 Å². The van der Waals surface area contributed by atoms with Crippen LogP contribution in [0.15, 0.2) is 35.9 Å². The van der Waals surface area contributed by atoms with Crippen LogP contribution in [0.5, 0.6) is 0 Å². The Kier molecular flexibility index (Phi) is 2.55. The van der Waals surface area contributed by atoms with Crippen LogP contribution in [-0.4, -0.2) is 0 Å². The van der Waals surface area contributed by atoms with Gasteiger partial charge < -0.3 is 0 Å². The van der Waals surface area contributed by atoms with Crippen LogP contribution in [0, 0.1) is 6.92 Å². The second kappa shape index (κ2) is 4.20. The molecule has 4 rings (SSSR count). The highest BCUT2D eigenvalue weighted by atomic mass is 32.1. The summed E-state index contributed by atoms with van der Waals surface area (Å²) in [6, 6.07) is 11.2. The Hall–Kier alpha value is -1.60. The van der Waals surface area contributed by atoms with Crippen LogP contribution in [-0.2, 0) is 6.42 Å². The van der Waals surface area contributed by atoms with E-state index in [0.717, 1.165) is 0 Å². The first-order valence-corrected chi connectivity index (χ1v) is 8.09. The molecule has 1 aromatic heterocycles. The van der Waals surface area contributed by atoms with Crippen LogP contribution in [0.4, 0.5) is 0 Å². The quantitative estimate of drug-likeness (QED) is 0.466. The van der Waals surface area contributed by atoms with Crippen LogP contribution in [0.3, 0.4) is 0 Å². The minimum atomic E-state index is 1.19. The van der Waals surface area contributed by atoms with Gasteiger partial charge in [0, 0.05) is 20.2 Å². The molecule has 20 heavy (non-hydrogen) atoms. The predicted molar refractivity (Wildman–Crippen MR) is 90.7 cm³/mol. The summed E-state index contributed by atoms with van der Waals surface area (Å²) in [5, 5.41) is 2.87. The lowest BCUT2D eigenvalue weighted by molar-refractivity contribution is 0.915. The van der Waals surface area contributed by atoms with Gasteiger partial charge in [0.15, 0.2) is 0 Å². The topological polar surface area (TPSA) is 0 Å². The maximum atomic E-state index is 2.45. The van der Waals surface area contributed by atoms with Crippen molar-refractivity contribution >= 4 is 37.1 Å². The van der Waals surface area contributed by atoms with Gasteiger partial charge in [-0.3, -0.25) is 0 Å². The third-order valence-electron chi connectivity index (χ3n) is 4.77. The number of rotatable bonds is 0. The van der Waals surface area contributed by atoms with Crippen molar-refractivity contribution < 1.29 is 0 Å². The average Bonchev–Trinajstić information content (AvgIpc) is 2.82. The fraction of sp³-hybridized carbons (Fsp3) is 0.263. The van der Waals surface area contributed by atoms with E-state index in [9.17, 15) is 0 Å². The van der Waals surface area contributed by atoms with Crippen molar-refractivity contribution in [2.75, 3.05) is 0 Å². The number of benzene rings is 2. The van der Waals surface area contributed by atoms with E-state index in [1.807, 2.05) is 11.3 Å². The molecule has 0 amide bonds. The van der Waals surface area contributed by atoms with Crippen molar-refractivity contribution in [3.63, 3.8) is 0 Å². The second-order valence-corrected chi connectivity index (χ2v) is 6.97. The lowest BCUT2D eigenvalue weighted by Gasteiger charge is -2.22. The van der Waals surface area contributed by atoms with Gasteiger partial charge in [0.1, 0.15) is 0 Å². The van der Waals surface area contributed by atoms with Crippen molar-refractivity contribution in [3.05, 3.63) is 52.6 Å². The van der Waals surface area contributed by atoms with Gasteiger partial charge in [-0.1, -0.05) is 23.8 Å². The van der Waals surface area contributed by atoms with E-state index in [4.69, 9.17) is 0 Å². The van der Waals surface area contributed by atoms with Gasteiger partial charge in [0.2, 0.25) is 0 Å². The fourth-order valence-corrected chi connectivity index (χ4v) is 4.72. The molecule has 0 bridgehead atoms. The third-order valence-corrected chi connectivity index (χ3v) is 6.08. The summed E-state index contributed by atoms with van der Waals surface area (Å²) in [6.07, 6.45) is 2.41. The van der Waals surface area contributed by atoms with E-state index < -0.39 is 0 Å². The number of aryl methyl sites for hydroxylation is 2. The minimum Gasteiger partial charge on any atom is -0.135 e. The zero-order chi connectivity index (χ0) is 13.9. The summed E-state index contributed by atoms with van der Waals surface area (Å²) in [4.78, 5) is 0. The smallest absolute Gasteiger partial charge is 0.0390 e. The molecule has 0 atom stereocenters. The molecule has 1 heterocycles. The van der Waals surface area contributed by atoms with E-state index in [1.54, 1.807) is 11.1 Å². The van der Waals surface area contributed by atoms with E-state index >= 15 is 0 Å². The molecule has 0 spiro atoms. The van der Waals surface area contributed by atoms with Gasteiger partial charge in [0.05, 0.1) is 0 Å². The Morgan fingerprint density at radius 2 is 1.75 bits per heavy atom. The minimum absolute atomic E-state index is 1.19. The first kappa shape index (κ1) is 12.2. The molecule has 100 valence electrons. The second-order valence-electron chi connectivity index (χ2n) is 5.92. The van der Waals surface area contributed by atoms with Crippen LogP contribution < -0.4 is 0 Å². The first-order chi connectivity index (χ1) is 9.66. The van der Waals surface area contributed by atoms with Gasteiger partial charge in [-0.25, -0.2) is 0 Å². The number of thiophene rings is 1. The summed E-state index contributed by atoms with van der Waals surface area (Å²) < 4.78 is 2.88. The van der Waals surface area contributed by atoms with Gasteiger partial charge in [-0.05, 0) is 68.0 Å². The fourth-order valence-electron chi connectivity index (χ4n) is 3.53. The summed E-state index contributed by atoms with van der Waals surface area (Å²) in [7, 11) is 0. The van der Waals surface area contributed by atoms with Gasteiger partial charge in [0.25, 0.3) is 0 Å². The molecule has 0 aliphatic heterocycles. The zero-order valence-electron chi connectivity index (χ0n) is 12.2. The lowest BCUT2D eigenvalue weighted by Crippen LogP contribution is -2.04. The number of allylic oxidation sites excluding steroid dienone is 2. The summed E-state index contributed by atoms with van der Waals surface area (Å²) in [5.74, 6) is 0. The van der Waals surface area contributed by atoms with E-state index in [1.165, 1.54) is 49.7 Å². The molecule has 2 aromatic carbocycles. The van der Waals surface area contributed by atoms with Crippen molar-refractivity contribution in [2.45, 2.75) is 33.6 Å². The Morgan fingerprint density at radius 1 is 0.950 bits per heavy atom. The predicted octanol–water partition coefficient (Wildman–Crippen LogP) is 6.10. The molecule has 0 saturated carbocycles. The van der Waals surface area contributed by atoms with E-state index in [0.29, 0.717) is 0 Å². The van der Waals surface area contributed by atoms with Crippen LogP contribution >= 0.6 is 11.3 Å². The molecule has 0 radical (unpaired) electrons. The molecule has 1 aliphatic carbocycles. The molecule has 3 aromatic rings. The molecule has 0 N–H and O–H groups in total. The SMILES string of the molecule is CC1=C(C)c2c(cc3c(sc4ccccc43)c2C)CC1. The molecule has 0 unspecified atom stereocenters. The van der Waals surface area contributed by atoms with E-state index in [2.05, 4.69) is 51.1 Å². The Labute approximate surface area is 123 Å². The maximum Gasteiger partial charge on any atom is 0.0390 e. The molecule has 1 heteroatoms. The molecule has 0 saturated heterocycles. The van der Waals surface area contributed by atoms with E-state index in [-0.39, 0.29) is 0 Å². The zero-order valence-corrected chi connectivity index (χ0v) is 13.0. The van der Waals surface area contributed by atoms with Gasteiger partial charge in [-0.2, -0.15) is 0 Å². The molecular weight excluding hydrogens is 260 g/mol. The molecule has 0 nitrogen and oxygen atoms in total. The largest absolute Gasteiger partial charge is 0.135 e. The Balaban J connectivity index is 2.18. The lowest BCUT2D eigenvalue weighted by atomic mass is 9.83. The summed E-state index contributed by atoms with van der Waals surface area (Å²) >= 11 is 1.94. The summed E-state index contributed by atoms with van der Waals surface area (Å²) in [6.45, 7) is 6.88. The monoisotopic (exact) mass is 278 g/mol. The Bertz CT molecular complexity index is 878. The standard InChI is InChI=1S/C19H18S/c1-11-8-9-14-10-16-15-6-4-5-7-17(15)20-19(16)13(3)18(14)12(11)2/h4-7,10H,8-9H2,1-3H3. The number of fused-ring (bicyclic) bond motifs is 4. The molecule has 1 aliphatic rings. The van der Waals surface area contributed by atoms with Crippen molar-refractivity contribution in [3.8, 4) is 0 Å². The highest BCUT2D eigenvalue weighted by Gasteiger charge is 2.19. The van der Waals surface area contributed by atoms with Crippen molar-refractivity contribution in [2.24, 2.45) is 0 Å². The maximum absolute atomic E-state index is 2.45. The molecular formula is C19H18S. The first-order valence-electron chi connectivity index (χ1n) is 7.27. The Morgan fingerprint density at radius 3 is 2.60 bits per heavy atom. The van der Waals surface area contributed by atoms with Crippen LogP contribution in [0.1, 0.15) is 37.0 Å². The highest BCUT2D eigenvalue weighted by molar-refractivity contribution is 7.26. The normalized spacial score (nSPS) is 15.2. The summed E-state index contributed by atoms with van der Waals surface area (Å²) in [5.41, 5.74) is 7.61.